The third kappa shape index (κ3) is 1.73. The zero-order valence-electron chi connectivity index (χ0n) is 10.6. The van der Waals surface area contributed by atoms with Crippen LogP contribution in [0.1, 0.15) is 16.8 Å². The van der Waals surface area contributed by atoms with E-state index in [-0.39, 0.29) is 5.91 Å². The Labute approximate surface area is 111 Å². The minimum Gasteiger partial charge on any atom is -0.348 e. The number of nitrogens with one attached hydrogen (secondary N) is 1. The molecule has 98 valence electrons. The van der Waals surface area contributed by atoms with Crippen molar-refractivity contribution in [2.75, 3.05) is 19.6 Å². The molecule has 0 saturated carbocycles. The van der Waals surface area contributed by atoms with Crippen molar-refractivity contribution in [1.82, 2.24) is 19.8 Å². The van der Waals surface area contributed by atoms with Gasteiger partial charge in [0.2, 0.25) is 0 Å². The van der Waals surface area contributed by atoms with Gasteiger partial charge in [-0.3, -0.25) is 4.79 Å². The fourth-order valence-corrected chi connectivity index (χ4v) is 3.30. The fraction of sp³-hybridized carbons (Fsp3) is 0.429. The van der Waals surface area contributed by atoms with Crippen LogP contribution in [0.3, 0.4) is 0 Å². The highest BCUT2D eigenvalue weighted by atomic mass is 16.1. The Balaban J connectivity index is 1.57. The average molecular weight is 256 g/mol. The Hall–Kier alpha value is -1.88. The maximum absolute atomic E-state index is 12.4. The highest BCUT2D eigenvalue weighted by Gasteiger charge is 2.38. The first-order valence-corrected chi connectivity index (χ1v) is 6.77. The number of hydrogen-bond donors (Lipinski definition) is 1. The predicted octanol–water partition coefficient (Wildman–Crippen LogP) is 0.768. The zero-order chi connectivity index (χ0) is 12.8. The van der Waals surface area contributed by atoms with Crippen LogP contribution in [0.4, 0.5) is 0 Å². The molecule has 0 radical (unpaired) electrons. The highest BCUT2D eigenvalue weighted by Crippen LogP contribution is 2.28. The summed E-state index contributed by atoms with van der Waals surface area (Å²) in [6, 6.07) is 6.06. The summed E-state index contributed by atoms with van der Waals surface area (Å²) in [7, 11) is 0. The van der Waals surface area contributed by atoms with Gasteiger partial charge in [0.1, 0.15) is 0 Å². The van der Waals surface area contributed by atoms with Gasteiger partial charge in [0, 0.05) is 25.3 Å². The molecule has 19 heavy (non-hydrogen) atoms. The smallest absolute Gasteiger partial charge is 0.255 e. The van der Waals surface area contributed by atoms with Gasteiger partial charge in [0.25, 0.3) is 5.91 Å². The molecule has 4 heterocycles. The molecule has 5 heteroatoms. The van der Waals surface area contributed by atoms with Crippen molar-refractivity contribution >= 4 is 11.4 Å². The van der Waals surface area contributed by atoms with Crippen molar-refractivity contribution < 1.29 is 4.79 Å². The normalized spacial score (nSPS) is 28.9. The molecule has 0 aromatic carbocycles. The fourth-order valence-electron chi connectivity index (χ4n) is 3.30. The Morgan fingerprint density at radius 2 is 2.32 bits per heavy atom. The SMILES string of the molecule is O=C(N[C@@H]1CN2CCC1C2)c1cnn2ccccc12. The molecule has 2 saturated heterocycles. The van der Waals surface area contributed by atoms with Gasteiger partial charge < -0.3 is 10.2 Å². The van der Waals surface area contributed by atoms with E-state index in [0.29, 0.717) is 17.5 Å². The van der Waals surface area contributed by atoms with E-state index in [2.05, 4.69) is 15.3 Å². The van der Waals surface area contributed by atoms with Crippen LogP contribution >= 0.6 is 0 Å². The van der Waals surface area contributed by atoms with Crippen LogP contribution in [0.15, 0.2) is 30.6 Å². The second-order valence-electron chi connectivity index (χ2n) is 5.48. The predicted molar refractivity (Wildman–Crippen MR) is 71.0 cm³/mol. The van der Waals surface area contributed by atoms with Gasteiger partial charge in [-0.1, -0.05) is 6.07 Å². The number of nitrogens with zero attached hydrogens (tertiary/aromatic N) is 3. The Kier molecular flexibility index (Phi) is 2.35. The molecular formula is C14H16N4O. The topological polar surface area (TPSA) is 49.6 Å². The average Bonchev–Trinajstić information content (AvgIpc) is 3.13. The second kappa shape index (κ2) is 4.06. The van der Waals surface area contributed by atoms with Crippen molar-refractivity contribution in [2.45, 2.75) is 12.5 Å². The Bertz CT molecular complexity index is 635. The van der Waals surface area contributed by atoms with Crippen LogP contribution < -0.4 is 5.32 Å². The standard InChI is InChI=1S/C14H16N4O/c19-14(16-12-9-17-6-4-10(12)8-17)11-7-15-18-5-2-1-3-13(11)18/h1-3,5,7,10,12H,4,6,8-9H2,(H,16,19)/t10?,12-/m1/s1. The number of amides is 1. The molecule has 5 nitrogen and oxygen atoms in total. The van der Waals surface area contributed by atoms with E-state index in [4.69, 9.17) is 0 Å². The van der Waals surface area contributed by atoms with Crippen LogP contribution in [-0.2, 0) is 0 Å². The lowest BCUT2D eigenvalue weighted by molar-refractivity contribution is 0.0926. The molecule has 2 aliphatic rings. The van der Waals surface area contributed by atoms with E-state index in [9.17, 15) is 4.79 Å². The summed E-state index contributed by atoms with van der Waals surface area (Å²) < 4.78 is 1.74. The number of rotatable bonds is 2. The number of carbonyl (C=O) groups is 1. The summed E-state index contributed by atoms with van der Waals surface area (Å²) in [4.78, 5) is 14.8. The van der Waals surface area contributed by atoms with E-state index in [1.54, 1.807) is 10.7 Å². The number of piperidine rings is 1. The largest absolute Gasteiger partial charge is 0.348 e. The van der Waals surface area contributed by atoms with Crippen molar-refractivity contribution in [3.8, 4) is 0 Å². The van der Waals surface area contributed by atoms with E-state index in [1.165, 1.54) is 13.0 Å². The monoisotopic (exact) mass is 256 g/mol. The van der Waals surface area contributed by atoms with Gasteiger partial charge in [-0.25, -0.2) is 4.52 Å². The van der Waals surface area contributed by atoms with Gasteiger partial charge >= 0.3 is 0 Å². The van der Waals surface area contributed by atoms with Crippen molar-refractivity contribution in [3.63, 3.8) is 0 Å². The van der Waals surface area contributed by atoms with Gasteiger partial charge in [-0.15, -0.1) is 0 Å². The minimum absolute atomic E-state index is 0.0000463. The Morgan fingerprint density at radius 3 is 3.11 bits per heavy atom. The first-order chi connectivity index (χ1) is 9.31. The van der Waals surface area contributed by atoms with Gasteiger partial charge in [0.15, 0.2) is 0 Å². The molecule has 2 aromatic rings. The third-order valence-electron chi connectivity index (χ3n) is 4.32. The van der Waals surface area contributed by atoms with E-state index >= 15 is 0 Å². The second-order valence-corrected chi connectivity index (χ2v) is 5.48. The maximum atomic E-state index is 12.4. The van der Waals surface area contributed by atoms with Crippen LogP contribution in [-0.4, -0.2) is 46.1 Å². The summed E-state index contributed by atoms with van der Waals surface area (Å²) in [6.07, 6.45) is 4.72. The van der Waals surface area contributed by atoms with E-state index in [1.807, 2.05) is 24.4 Å². The van der Waals surface area contributed by atoms with Gasteiger partial charge in [-0.05, 0) is 31.0 Å². The quantitative estimate of drug-likeness (QED) is 0.863. The Morgan fingerprint density at radius 1 is 1.37 bits per heavy atom. The van der Waals surface area contributed by atoms with E-state index < -0.39 is 0 Å². The zero-order valence-corrected chi connectivity index (χ0v) is 10.6. The lowest BCUT2D eigenvalue weighted by atomic mass is 10.00. The number of pyridine rings is 1. The molecular weight excluding hydrogens is 240 g/mol. The lowest BCUT2D eigenvalue weighted by Gasteiger charge is -2.22. The molecule has 1 amide bonds. The molecule has 1 N–H and O–H groups in total. The van der Waals surface area contributed by atoms with Gasteiger partial charge in [0.05, 0.1) is 17.3 Å². The van der Waals surface area contributed by atoms with Gasteiger partial charge in [-0.2, -0.15) is 5.10 Å². The molecule has 2 fully saturated rings. The molecule has 4 rings (SSSR count). The molecule has 3 atom stereocenters. The first kappa shape index (κ1) is 11.0. The van der Waals surface area contributed by atoms with E-state index in [0.717, 1.165) is 18.6 Å². The molecule has 2 bridgehead atoms. The van der Waals surface area contributed by atoms with Crippen LogP contribution in [0, 0.1) is 5.92 Å². The summed E-state index contributed by atoms with van der Waals surface area (Å²) in [5, 5.41) is 7.38. The van der Waals surface area contributed by atoms with Crippen LogP contribution in [0.5, 0.6) is 0 Å². The van der Waals surface area contributed by atoms with Crippen molar-refractivity contribution in [1.29, 1.82) is 0 Å². The van der Waals surface area contributed by atoms with Crippen LogP contribution in [0.25, 0.3) is 5.52 Å². The molecule has 2 aromatic heterocycles. The van der Waals surface area contributed by atoms with Crippen molar-refractivity contribution in [2.24, 2.45) is 5.92 Å². The number of hydrogen-bond acceptors (Lipinski definition) is 3. The summed E-state index contributed by atoms with van der Waals surface area (Å²) >= 11 is 0. The maximum Gasteiger partial charge on any atom is 0.255 e. The minimum atomic E-state index is -0.0000463. The van der Waals surface area contributed by atoms with Crippen molar-refractivity contribution in [3.05, 3.63) is 36.2 Å². The lowest BCUT2D eigenvalue weighted by Crippen LogP contribution is -2.43. The molecule has 2 unspecified atom stereocenters. The summed E-state index contributed by atoms with van der Waals surface area (Å²) in [5.41, 5.74) is 1.53. The molecule has 0 aliphatic carbocycles. The number of fused-ring (bicyclic) bond motifs is 3. The van der Waals surface area contributed by atoms with Crippen LogP contribution in [0.2, 0.25) is 0 Å². The number of aromatic nitrogens is 2. The highest BCUT2D eigenvalue weighted by molar-refractivity contribution is 6.00. The summed E-state index contributed by atoms with van der Waals surface area (Å²) in [5.74, 6) is 0.630. The summed E-state index contributed by atoms with van der Waals surface area (Å²) in [6.45, 7) is 3.32. The third-order valence-corrected chi connectivity index (χ3v) is 4.32. The number of carbonyl (C=O) groups excluding carboxylic acids is 1. The first-order valence-electron chi connectivity index (χ1n) is 6.77. The molecule has 2 aliphatic heterocycles. The molecule has 0 spiro atoms.